The lowest BCUT2D eigenvalue weighted by Gasteiger charge is -2.21. The van der Waals surface area contributed by atoms with E-state index in [2.05, 4.69) is 15.9 Å². The number of thiophene rings is 1. The van der Waals surface area contributed by atoms with Gasteiger partial charge in [-0.25, -0.2) is 0 Å². The largest absolute Gasteiger partial charge is 0.385 e. The maximum atomic E-state index is 12.3. The monoisotopic (exact) mass is 335 g/mol. The molecule has 0 radical (unpaired) electrons. The standard InChI is InChI=1S/C12H18BrNO3S/c1-16-8-3-6-14(7-9-17-2)12(15)10-4-5-11(13)18-10/h4-5H,3,6-9H2,1-2H3. The lowest BCUT2D eigenvalue weighted by molar-refractivity contribution is 0.0679. The van der Waals surface area contributed by atoms with Gasteiger partial charge in [-0.05, 0) is 34.5 Å². The van der Waals surface area contributed by atoms with Crippen molar-refractivity contribution >= 4 is 33.2 Å². The van der Waals surface area contributed by atoms with Crippen LogP contribution in [0.1, 0.15) is 16.1 Å². The van der Waals surface area contributed by atoms with Gasteiger partial charge in [0.1, 0.15) is 0 Å². The zero-order chi connectivity index (χ0) is 13.4. The minimum atomic E-state index is 0.0545. The molecular weight excluding hydrogens is 318 g/mol. The summed E-state index contributed by atoms with van der Waals surface area (Å²) in [6.45, 7) is 2.50. The maximum absolute atomic E-state index is 12.3. The van der Waals surface area contributed by atoms with Crippen LogP contribution >= 0.6 is 27.3 Å². The predicted octanol–water partition coefficient (Wildman–Crippen LogP) is 2.64. The van der Waals surface area contributed by atoms with Gasteiger partial charge in [0, 0.05) is 33.9 Å². The Bertz CT molecular complexity index is 370. The molecule has 1 aromatic rings. The Morgan fingerprint density at radius 2 is 2.00 bits per heavy atom. The fourth-order valence-corrected chi connectivity index (χ4v) is 2.86. The van der Waals surface area contributed by atoms with Crippen LogP contribution in [0.4, 0.5) is 0 Å². The molecule has 1 aromatic heterocycles. The van der Waals surface area contributed by atoms with Gasteiger partial charge in [0.25, 0.3) is 5.91 Å². The molecule has 0 unspecified atom stereocenters. The van der Waals surface area contributed by atoms with Crippen molar-refractivity contribution in [1.82, 2.24) is 4.90 Å². The highest BCUT2D eigenvalue weighted by Crippen LogP contribution is 2.23. The lowest BCUT2D eigenvalue weighted by Crippen LogP contribution is -2.34. The summed E-state index contributed by atoms with van der Waals surface area (Å²) in [5, 5.41) is 0. The molecule has 0 saturated heterocycles. The molecule has 0 aliphatic rings. The van der Waals surface area contributed by atoms with Crippen molar-refractivity contribution < 1.29 is 14.3 Å². The van der Waals surface area contributed by atoms with Gasteiger partial charge in [-0.15, -0.1) is 11.3 Å². The Morgan fingerprint density at radius 3 is 2.56 bits per heavy atom. The van der Waals surface area contributed by atoms with Gasteiger partial charge in [-0.2, -0.15) is 0 Å². The van der Waals surface area contributed by atoms with Gasteiger partial charge in [0.15, 0.2) is 0 Å². The van der Waals surface area contributed by atoms with Gasteiger partial charge in [0.2, 0.25) is 0 Å². The molecule has 4 nitrogen and oxygen atoms in total. The summed E-state index contributed by atoms with van der Waals surface area (Å²) < 4.78 is 11.0. The highest BCUT2D eigenvalue weighted by Gasteiger charge is 2.16. The average Bonchev–Trinajstić information content (AvgIpc) is 2.79. The average molecular weight is 336 g/mol. The van der Waals surface area contributed by atoms with Crippen LogP contribution in [0.3, 0.4) is 0 Å². The molecule has 0 aliphatic carbocycles. The van der Waals surface area contributed by atoms with Gasteiger partial charge in [-0.1, -0.05) is 0 Å². The van der Waals surface area contributed by atoms with Crippen LogP contribution in [-0.2, 0) is 9.47 Å². The first-order valence-corrected chi connectivity index (χ1v) is 7.32. The van der Waals surface area contributed by atoms with Crippen LogP contribution in [0, 0.1) is 0 Å². The number of carbonyl (C=O) groups excluding carboxylic acids is 1. The smallest absolute Gasteiger partial charge is 0.264 e. The number of methoxy groups -OCH3 is 2. The number of hydrogen-bond donors (Lipinski definition) is 0. The van der Waals surface area contributed by atoms with E-state index in [1.54, 1.807) is 19.1 Å². The first-order chi connectivity index (χ1) is 8.69. The van der Waals surface area contributed by atoms with E-state index < -0.39 is 0 Å². The minimum Gasteiger partial charge on any atom is -0.385 e. The molecule has 0 aliphatic heterocycles. The van der Waals surface area contributed by atoms with Crippen LogP contribution in [-0.4, -0.2) is 51.3 Å². The van der Waals surface area contributed by atoms with E-state index in [9.17, 15) is 4.79 Å². The second-order valence-electron chi connectivity index (χ2n) is 3.74. The van der Waals surface area contributed by atoms with Crippen molar-refractivity contribution in [3.63, 3.8) is 0 Å². The number of carbonyl (C=O) groups is 1. The molecular formula is C12H18BrNO3S. The maximum Gasteiger partial charge on any atom is 0.264 e. The van der Waals surface area contributed by atoms with E-state index in [-0.39, 0.29) is 5.91 Å². The zero-order valence-corrected chi connectivity index (χ0v) is 13.1. The molecule has 0 fully saturated rings. The second kappa shape index (κ2) is 8.63. The van der Waals surface area contributed by atoms with Crippen LogP contribution < -0.4 is 0 Å². The van der Waals surface area contributed by atoms with Crippen molar-refractivity contribution in [2.24, 2.45) is 0 Å². The third-order valence-electron chi connectivity index (χ3n) is 2.41. The van der Waals surface area contributed by atoms with Crippen molar-refractivity contribution in [2.45, 2.75) is 6.42 Å². The van der Waals surface area contributed by atoms with Crippen molar-refractivity contribution in [3.05, 3.63) is 20.8 Å². The molecule has 1 amide bonds. The number of amides is 1. The Labute approximate surface area is 120 Å². The molecule has 0 N–H and O–H groups in total. The number of hydrogen-bond acceptors (Lipinski definition) is 4. The fraction of sp³-hybridized carbons (Fsp3) is 0.583. The van der Waals surface area contributed by atoms with Crippen LogP contribution in [0.2, 0.25) is 0 Å². The Morgan fingerprint density at radius 1 is 1.28 bits per heavy atom. The highest BCUT2D eigenvalue weighted by molar-refractivity contribution is 9.11. The molecule has 0 bridgehead atoms. The van der Waals surface area contributed by atoms with Crippen molar-refractivity contribution in [3.8, 4) is 0 Å². The summed E-state index contributed by atoms with van der Waals surface area (Å²) in [6, 6.07) is 3.73. The van der Waals surface area contributed by atoms with E-state index in [0.717, 1.165) is 15.1 Å². The number of halogens is 1. The summed E-state index contributed by atoms with van der Waals surface area (Å²) in [5.74, 6) is 0.0545. The molecule has 18 heavy (non-hydrogen) atoms. The summed E-state index contributed by atoms with van der Waals surface area (Å²) in [4.78, 5) is 14.8. The number of nitrogens with zero attached hydrogens (tertiary/aromatic N) is 1. The fourth-order valence-electron chi connectivity index (χ4n) is 1.50. The first kappa shape index (κ1) is 15.6. The van der Waals surface area contributed by atoms with Crippen molar-refractivity contribution in [1.29, 1.82) is 0 Å². The lowest BCUT2D eigenvalue weighted by atomic mass is 10.3. The summed E-state index contributed by atoms with van der Waals surface area (Å²) >= 11 is 4.82. The van der Waals surface area contributed by atoms with E-state index in [0.29, 0.717) is 26.3 Å². The SMILES string of the molecule is COCCCN(CCOC)C(=O)c1ccc(Br)s1. The third kappa shape index (κ3) is 5.06. The molecule has 0 saturated carbocycles. The van der Waals surface area contributed by atoms with Gasteiger partial charge in [0.05, 0.1) is 15.3 Å². The van der Waals surface area contributed by atoms with Gasteiger partial charge < -0.3 is 14.4 Å². The first-order valence-electron chi connectivity index (χ1n) is 5.71. The van der Waals surface area contributed by atoms with E-state index >= 15 is 0 Å². The molecule has 0 aromatic carbocycles. The second-order valence-corrected chi connectivity index (χ2v) is 6.20. The normalized spacial score (nSPS) is 10.6. The highest BCUT2D eigenvalue weighted by atomic mass is 79.9. The van der Waals surface area contributed by atoms with Crippen molar-refractivity contribution in [2.75, 3.05) is 40.5 Å². The quantitative estimate of drug-likeness (QED) is 0.685. The molecule has 0 atom stereocenters. The Kier molecular flexibility index (Phi) is 7.50. The van der Waals surface area contributed by atoms with Gasteiger partial charge >= 0.3 is 0 Å². The third-order valence-corrected chi connectivity index (χ3v) is 4.02. The van der Waals surface area contributed by atoms with Gasteiger partial charge in [-0.3, -0.25) is 4.79 Å². The van der Waals surface area contributed by atoms with E-state index in [1.807, 2.05) is 12.1 Å². The predicted molar refractivity (Wildman–Crippen MR) is 76.3 cm³/mol. The molecule has 1 heterocycles. The summed E-state index contributed by atoms with van der Waals surface area (Å²) in [6.07, 6.45) is 0.832. The van der Waals surface area contributed by atoms with E-state index in [1.165, 1.54) is 11.3 Å². The van der Waals surface area contributed by atoms with Crippen LogP contribution in [0.5, 0.6) is 0 Å². The zero-order valence-electron chi connectivity index (χ0n) is 10.6. The number of ether oxygens (including phenoxy) is 2. The molecule has 0 spiro atoms. The van der Waals surface area contributed by atoms with Crippen LogP contribution in [0.25, 0.3) is 0 Å². The molecule has 1 rings (SSSR count). The Balaban J connectivity index is 2.59. The van der Waals surface area contributed by atoms with E-state index in [4.69, 9.17) is 9.47 Å². The minimum absolute atomic E-state index is 0.0545. The molecule has 102 valence electrons. The molecule has 6 heteroatoms. The topological polar surface area (TPSA) is 38.8 Å². The summed E-state index contributed by atoms with van der Waals surface area (Å²) in [5.41, 5.74) is 0. The number of rotatable bonds is 8. The Hall–Kier alpha value is -0.430. The van der Waals surface area contributed by atoms with Crippen LogP contribution in [0.15, 0.2) is 15.9 Å². The summed E-state index contributed by atoms with van der Waals surface area (Å²) in [7, 11) is 3.30.